The fourth-order valence-corrected chi connectivity index (χ4v) is 5.92. The lowest BCUT2D eigenvalue weighted by Gasteiger charge is -2.34. The summed E-state index contributed by atoms with van der Waals surface area (Å²) in [5.74, 6) is 2.15. The molecule has 0 spiro atoms. The molecule has 1 saturated carbocycles. The maximum atomic E-state index is 15.3. The van der Waals surface area contributed by atoms with Crippen LogP contribution in [0.25, 0.3) is 5.83 Å². The number of hydrogen-bond donors (Lipinski definition) is 0. The molecular formula is C30H32ClF2N3O2. The molecule has 0 bridgehead atoms. The van der Waals surface area contributed by atoms with Gasteiger partial charge in [-0.25, -0.2) is 9.37 Å². The summed E-state index contributed by atoms with van der Waals surface area (Å²) < 4.78 is 42.8. The van der Waals surface area contributed by atoms with Gasteiger partial charge in [0.05, 0.1) is 25.9 Å². The SMILES string of the molecule is COc1cc(Cl)ccc1C1C=C(F)c2cccc(C3CCN(Cc4nccn4CC4(CF)CC4)CC3)c2O1. The highest BCUT2D eigenvalue weighted by molar-refractivity contribution is 6.30. The molecule has 3 aromatic rings. The molecule has 6 rings (SSSR count). The second-order valence-corrected chi connectivity index (χ2v) is 11.3. The number of likely N-dealkylation sites (tertiary alicyclic amines) is 1. The monoisotopic (exact) mass is 539 g/mol. The highest BCUT2D eigenvalue weighted by atomic mass is 35.5. The van der Waals surface area contributed by atoms with Crippen LogP contribution in [0.5, 0.6) is 11.5 Å². The average molecular weight is 540 g/mol. The van der Waals surface area contributed by atoms with Crippen molar-refractivity contribution in [1.29, 1.82) is 0 Å². The van der Waals surface area contributed by atoms with Crippen LogP contribution >= 0.6 is 11.6 Å². The third-order valence-corrected chi connectivity index (χ3v) is 8.52. The van der Waals surface area contributed by atoms with Crippen molar-refractivity contribution in [3.05, 3.63) is 82.4 Å². The molecule has 1 saturated heterocycles. The number of nitrogens with zero attached hydrogens (tertiary/aromatic N) is 3. The standard InChI is InChI=1S/C30H32ClF2N3O2/c1-37-26-15-21(31)5-6-24(26)27-16-25(33)23-4-2-3-22(29(23)38-27)20-7-12-35(13-8-20)17-28-34-11-14-36(28)19-30(18-32)9-10-30/h2-6,11,14-16,20,27H,7-10,12-13,17-19H2,1H3. The maximum absolute atomic E-state index is 15.3. The van der Waals surface area contributed by atoms with E-state index in [0.717, 1.165) is 62.3 Å². The summed E-state index contributed by atoms with van der Waals surface area (Å²) in [6.45, 7) is 3.01. The molecule has 1 aromatic heterocycles. The second kappa shape index (κ2) is 10.3. The Balaban J connectivity index is 1.16. The summed E-state index contributed by atoms with van der Waals surface area (Å²) in [6.07, 6.45) is 8.47. The molecule has 8 heteroatoms. The number of para-hydroxylation sites is 1. The highest BCUT2D eigenvalue weighted by Gasteiger charge is 2.43. The van der Waals surface area contributed by atoms with Gasteiger partial charge in [-0.2, -0.15) is 0 Å². The lowest BCUT2D eigenvalue weighted by Crippen LogP contribution is -2.34. The Morgan fingerprint density at radius 2 is 1.97 bits per heavy atom. The van der Waals surface area contributed by atoms with Gasteiger partial charge in [0, 0.05) is 34.9 Å². The molecule has 1 aliphatic carbocycles. The predicted octanol–water partition coefficient (Wildman–Crippen LogP) is 7.12. The number of ether oxygens (including phenoxy) is 2. The molecule has 1 atom stereocenters. The zero-order valence-corrected chi connectivity index (χ0v) is 22.3. The zero-order chi connectivity index (χ0) is 26.3. The van der Waals surface area contributed by atoms with Gasteiger partial charge in [-0.15, -0.1) is 0 Å². The molecule has 3 aliphatic rings. The molecule has 0 radical (unpaired) electrons. The first-order chi connectivity index (χ1) is 18.5. The molecule has 0 amide bonds. The number of piperidine rings is 1. The van der Waals surface area contributed by atoms with Crippen LogP contribution in [-0.2, 0) is 13.1 Å². The normalized spacial score (nSPS) is 20.9. The number of benzene rings is 2. The summed E-state index contributed by atoms with van der Waals surface area (Å²) in [5.41, 5.74) is 2.10. The Morgan fingerprint density at radius 3 is 2.71 bits per heavy atom. The van der Waals surface area contributed by atoms with Gasteiger partial charge < -0.3 is 14.0 Å². The summed E-state index contributed by atoms with van der Waals surface area (Å²) >= 11 is 6.14. The quantitative estimate of drug-likeness (QED) is 0.305. The van der Waals surface area contributed by atoms with E-state index < -0.39 is 6.10 Å². The van der Waals surface area contributed by atoms with Crippen LogP contribution in [0.1, 0.15) is 60.2 Å². The molecular weight excluding hydrogens is 508 g/mol. The number of methoxy groups -OCH3 is 1. The fourth-order valence-electron chi connectivity index (χ4n) is 5.76. The summed E-state index contributed by atoms with van der Waals surface area (Å²) in [6, 6.07) is 11.1. The van der Waals surface area contributed by atoms with Crippen LogP contribution in [-0.4, -0.2) is 41.3 Å². The van der Waals surface area contributed by atoms with Crippen molar-refractivity contribution in [3.8, 4) is 11.5 Å². The van der Waals surface area contributed by atoms with Crippen LogP contribution in [0.2, 0.25) is 5.02 Å². The van der Waals surface area contributed by atoms with Gasteiger partial charge in [0.2, 0.25) is 0 Å². The smallest absolute Gasteiger partial charge is 0.149 e. The number of rotatable bonds is 8. The van der Waals surface area contributed by atoms with E-state index in [1.807, 2.05) is 24.5 Å². The predicted molar refractivity (Wildman–Crippen MR) is 144 cm³/mol. The first-order valence-corrected chi connectivity index (χ1v) is 13.7. The zero-order valence-electron chi connectivity index (χ0n) is 21.5. The molecule has 38 heavy (non-hydrogen) atoms. The Hall–Kier alpha value is -2.90. The largest absolute Gasteiger partial charge is 0.496 e. The van der Waals surface area contributed by atoms with E-state index in [-0.39, 0.29) is 23.8 Å². The van der Waals surface area contributed by atoms with E-state index in [1.165, 1.54) is 6.08 Å². The summed E-state index contributed by atoms with van der Waals surface area (Å²) in [4.78, 5) is 6.97. The average Bonchev–Trinajstić information content (AvgIpc) is 3.59. The maximum Gasteiger partial charge on any atom is 0.149 e. The van der Waals surface area contributed by atoms with Crippen molar-refractivity contribution >= 4 is 17.4 Å². The van der Waals surface area contributed by atoms with Crippen LogP contribution < -0.4 is 9.47 Å². The number of imidazole rings is 1. The number of hydrogen-bond acceptors (Lipinski definition) is 4. The van der Waals surface area contributed by atoms with Gasteiger partial charge in [-0.05, 0) is 80.6 Å². The van der Waals surface area contributed by atoms with Gasteiger partial charge in [0.1, 0.15) is 29.3 Å². The van der Waals surface area contributed by atoms with E-state index in [2.05, 4.69) is 20.5 Å². The first-order valence-electron chi connectivity index (χ1n) is 13.3. The van der Waals surface area contributed by atoms with E-state index in [4.69, 9.17) is 21.1 Å². The van der Waals surface area contributed by atoms with Crippen molar-refractivity contribution < 1.29 is 18.3 Å². The van der Waals surface area contributed by atoms with Crippen LogP contribution in [0, 0.1) is 5.41 Å². The molecule has 5 nitrogen and oxygen atoms in total. The summed E-state index contributed by atoms with van der Waals surface area (Å²) in [5, 5.41) is 0.552. The van der Waals surface area contributed by atoms with Gasteiger partial charge >= 0.3 is 0 Å². The third kappa shape index (κ3) is 4.94. The Labute approximate surface area is 227 Å². The first kappa shape index (κ1) is 25.4. The molecule has 2 aromatic carbocycles. The topological polar surface area (TPSA) is 39.5 Å². The fraction of sp³-hybridized carbons (Fsp3) is 0.433. The third-order valence-electron chi connectivity index (χ3n) is 8.29. The highest BCUT2D eigenvalue weighted by Crippen LogP contribution is 2.48. The number of halogens is 3. The van der Waals surface area contributed by atoms with E-state index in [0.29, 0.717) is 28.6 Å². The van der Waals surface area contributed by atoms with E-state index >= 15 is 4.39 Å². The molecule has 0 N–H and O–H groups in total. The minimum atomic E-state index is -0.603. The Bertz CT molecular complexity index is 1350. The van der Waals surface area contributed by atoms with Crippen molar-refractivity contribution in [2.75, 3.05) is 26.9 Å². The molecule has 2 fully saturated rings. The number of alkyl halides is 1. The Morgan fingerprint density at radius 1 is 1.16 bits per heavy atom. The molecule has 3 heterocycles. The lowest BCUT2D eigenvalue weighted by atomic mass is 9.86. The lowest BCUT2D eigenvalue weighted by molar-refractivity contribution is 0.190. The van der Waals surface area contributed by atoms with E-state index in [9.17, 15) is 4.39 Å². The van der Waals surface area contributed by atoms with Crippen molar-refractivity contribution in [2.24, 2.45) is 5.41 Å². The van der Waals surface area contributed by atoms with Gasteiger partial charge in [0.15, 0.2) is 0 Å². The molecule has 1 unspecified atom stereocenters. The second-order valence-electron chi connectivity index (χ2n) is 10.8. The van der Waals surface area contributed by atoms with Crippen molar-refractivity contribution in [2.45, 2.75) is 50.8 Å². The minimum Gasteiger partial charge on any atom is -0.496 e. The summed E-state index contributed by atoms with van der Waals surface area (Å²) in [7, 11) is 1.57. The van der Waals surface area contributed by atoms with Crippen molar-refractivity contribution in [3.63, 3.8) is 0 Å². The van der Waals surface area contributed by atoms with Gasteiger partial charge in [0.25, 0.3) is 0 Å². The van der Waals surface area contributed by atoms with E-state index in [1.54, 1.807) is 25.3 Å². The minimum absolute atomic E-state index is 0.174. The van der Waals surface area contributed by atoms with Crippen LogP contribution in [0.4, 0.5) is 8.78 Å². The number of fused-ring (bicyclic) bond motifs is 1. The Kier molecular flexibility index (Phi) is 6.91. The van der Waals surface area contributed by atoms with Gasteiger partial charge in [-0.1, -0.05) is 23.7 Å². The van der Waals surface area contributed by atoms with Gasteiger partial charge in [-0.3, -0.25) is 9.29 Å². The molecule has 200 valence electrons. The van der Waals surface area contributed by atoms with Crippen LogP contribution in [0.3, 0.4) is 0 Å². The van der Waals surface area contributed by atoms with Crippen molar-refractivity contribution in [1.82, 2.24) is 14.5 Å². The number of aromatic nitrogens is 2. The molecule has 2 aliphatic heterocycles. The van der Waals surface area contributed by atoms with Crippen LogP contribution in [0.15, 0.2) is 54.9 Å².